The van der Waals surface area contributed by atoms with Crippen molar-refractivity contribution in [3.05, 3.63) is 175 Å². The van der Waals surface area contributed by atoms with Gasteiger partial charge in [0.1, 0.15) is 34.5 Å². The Kier molecular flexibility index (Phi) is 14.6. The highest BCUT2D eigenvalue weighted by Crippen LogP contribution is 2.67. The maximum Gasteiger partial charge on any atom is 0.122 e. The molecule has 0 spiro atoms. The zero-order chi connectivity index (χ0) is 54.9. The lowest BCUT2D eigenvalue weighted by Crippen LogP contribution is -2.56. The molecule has 0 aromatic heterocycles. The number of benzene rings is 6. The van der Waals surface area contributed by atoms with Crippen molar-refractivity contribution < 1.29 is 30.6 Å². The summed E-state index contributed by atoms with van der Waals surface area (Å²) >= 11 is 0. The maximum absolute atomic E-state index is 12.7. The summed E-state index contributed by atoms with van der Waals surface area (Å²) in [4.78, 5) is 0. The standard InChI is InChI=1S/C74H88O6/c1-45-31-57(38-63(71(45)79)69(53-23-27-65(75)59(34-53)49-15-7-3-8-16-49)54-24-28-66(76)60(35-54)50-17-9-4-10-18-50)73-40-47-33-48(41-73)43-74(42-47,44-73)58-32-46(2)72(80)64(39-58)70(55-25-29-67(77)61(36-55)51-19-11-5-12-20-51)56-26-30-68(78)62(37-56)52-21-13-6-14-22-52/h23-32,34-39,47-52,69-70,75-80H,3-22,33,40-44H2,1-2H3. The lowest BCUT2D eigenvalue weighted by molar-refractivity contribution is -0.0282. The molecule has 6 N–H and O–H groups in total. The van der Waals surface area contributed by atoms with Crippen LogP contribution >= 0.6 is 0 Å². The van der Waals surface area contributed by atoms with Gasteiger partial charge in [-0.1, -0.05) is 150 Å². The molecule has 0 heterocycles. The summed E-state index contributed by atoms with van der Waals surface area (Å²) < 4.78 is 0. The van der Waals surface area contributed by atoms with Crippen molar-refractivity contribution >= 4 is 0 Å². The predicted molar refractivity (Wildman–Crippen MR) is 321 cm³/mol. The van der Waals surface area contributed by atoms with E-state index in [1.807, 2.05) is 24.3 Å². The van der Waals surface area contributed by atoms with E-state index >= 15 is 0 Å². The van der Waals surface area contributed by atoms with Crippen LogP contribution in [0.25, 0.3) is 0 Å². The molecule has 420 valence electrons. The van der Waals surface area contributed by atoms with Crippen LogP contribution in [0.3, 0.4) is 0 Å². The fourth-order valence-electron chi connectivity index (χ4n) is 18.7. The molecule has 0 aliphatic heterocycles. The topological polar surface area (TPSA) is 121 Å². The van der Waals surface area contributed by atoms with Crippen LogP contribution in [0.2, 0.25) is 0 Å². The Morgan fingerprint density at radius 1 is 0.350 bits per heavy atom. The third-order valence-corrected chi connectivity index (χ3v) is 22.3. The fraction of sp³-hybridized carbons (Fsp3) is 0.514. The van der Waals surface area contributed by atoms with Crippen LogP contribution in [0.1, 0.15) is 280 Å². The number of phenolic OH excluding ortho intramolecular Hbond substituents is 6. The summed E-state index contributed by atoms with van der Waals surface area (Å²) in [5, 5.41) is 71.5. The van der Waals surface area contributed by atoms with Crippen molar-refractivity contribution in [3.8, 4) is 34.5 Å². The van der Waals surface area contributed by atoms with Crippen molar-refractivity contribution in [2.75, 3.05) is 0 Å². The molecule has 6 aromatic rings. The Balaban J connectivity index is 0.931. The molecule has 8 aliphatic carbocycles. The van der Waals surface area contributed by atoms with Gasteiger partial charge >= 0.3 is 0 Å². The van der Waals surface area contributed by atoms with Crippen molar-refractivity contribution in [3.63, 3.8) is 0 Å². The smallest absolute Gasteiger partial charge is 0.122 e. The minimum absolute atomic E-state index is 0.130. The van der Waals surface area contributed by atoms with E-state index in [-0.39, 0.29) is 22.7 Å². The van der Waals surface area contributed by atoms with Gasteiger partial charge in [0, 0.05) is 23.0 Å². The van der Waals surface area contributed by atoms with Crippen LogP contribution in [-0.4, -0.2) is 30.6 Å². The van der Waals surface area contributed by atoms with Gasteiger partial charge in [-0.25, -0.2) is 0 Å². The minimum atomic E-state index is -0.321. The van der Waals surface area contributed by atoms with Crippen LogP contribution < -0.4 is 0 Å². The highest BCUT2D eigenvalue weighted by Gasteiger charge is 2.59. The highest BCUT2D eigenvalue weighted by atomic mass is 16.3. The average molecular weight is 1070 g/mol. The van der Waals surface area contributed by atoms with Crippen molar-refractivity contribution in [1.82, 2.24) is 0 Å². The monoisotopic (exact) mass is 1070 g/mol. The summed E-state index contributed by atoms with van der Waals surface area (Å²) in [7, 11) is 0. The van der Waals surface area contributed by atoms with E-state index in [0.29, 0.717) is 70.0 Å². The highest BCUT2D eigenvalue weighted by molar-refractivity contribution is 5.60. The van der Waals surface area contributed by atoms with E-state index in [9.17, 15) is 30.6 Å². The Labute approximate surface area is 476 Å². The first-order chi connectivity index (χ1) is 38.8. The van der Waals surface area contributed by atoms with Gasteiger partial charge in [-0.05, 0) is 241 Å². The second-order valence-electron chi connectivity index (χ2n) is 27.5. The molecule has 8 fully saturated rings. The summed E-state index contributed by atoms with van der Waals surface area (Å²) in [5.41, 5.74) is 14.3. The molecule has 0 radical (unpaired) electrons. The van der Waals surface area contributed by atoms with Crippen molar-refractivity contribution in [2.24, 2.45) is 11.8 Å². The van der Waals surface area contributed by atoms with Crippen molar-refractivity contribution in [2.45, 2.75) is 227 Å². The number of rotatable bonds is 12. The number of aromatic hydroxyl groups is 6. The van der Waals surface area contributed by atoms with Crippen LogP contribution in [0.15, 0.2) is 97.1 Å². The Morgan fingerprint density at radius 2 is 0.625 bits per heavy atom. The van der Waals surface area contributed by atoms with Crippen LogP contribution in [0, 0.1) is 25.7 Å². The summed E-state index contributed by atoms with van der Waals surface area (Å²) in [5.74, 6) is 3.71. The Morgan fingerprint density at radius 3 is 0.900 bits per heavy atom. The van der Waals surface area contributed by atoms with Gasteiger partial charge in [0.15, 0.2) is 0 Å². The molecule has 0 amide bonds. The van der Waals surface area contributed by atoms with Gasteiger partial charge in [0.2, 0.25) is 0 Å². The predicted octanol–water partition coefficient (Wildman–Crippen LogP) is 18.9. The van der Waals surface area contributed by atoms with E-state index in [1.165, 1.54) is 94.6 Å². The molecule has 8 saturated carbocycles. The van der Waals surface area contributed by atoms with Crippen molar-refractivity contribution in [1.29, 1.82) is 0 Å². The first-order valence-electron chi connectivity index (χ1n) is 31.8. The third kappa shape index (κ3) is 9.88. The second kappa shape index (κ2) is 21.8. The lowest BCUT2D eigenvalue weighted by Gasteiger charge is -2.63. The van der Waals surface area contributed by atoms with Crippen LogP contribution in [0.5, 0.6) is 34.5 Å². The summed E-state index contributed by atoms with van der Waals surface area (Å²) in [6.45, 7) is 4.18. The molecule has 0 atom stereocenters. The normalized spacial score (nSPS) is 25.0. The molecule has 6 heteroatoms. The number of hydrogen-bond acceptors (Lipinski definition) is 6. The SMILES string of the molecule is Cc1cc(C23CC4CC(C2)CC(c2cc(C)c(O)c(C(c5ccc(O)c(C6CCCCC6)c5)c5ccc(O)c(C6CCCCC6)c5)c2)(C4)C3)cc(C(c2ccc(O)c(C3CCCCC3)c2)c2ccc(O)c(C3CCCCC3)c2)c1O. The quantitative estimate of drug-likeness (QED) is 0.0679. The van der Waals surface area contributed by atoms with Crippen LogP contribution in [0.4, 0.5) is 0 Å². The molecule has 8 aliphatic rings. The molecule has 14 rings (SSSR count). The number of phenols is 6. The van der Waals surface area contributed by atoms with Crippen LogP contribution in [-0.2, 0) is 10.8 Å². The molecular formula is C74H88O6. The first kappa shape index (κ1) is 53.4. The molecular weight excluding hydrogens is 985 g/mol. The van der Waals surface area contributed by atoms with E-state index < -0.39 is 0 Å². The van der Waals surface area contributed by atoms with E-state index in [2.05, 4.69) is 86.6 Å². The molecule has 6 nitrogen and oxygen atoms in total. The molecule has 0 unspecified atom stereocenters. The molecule has 6 aromatic carbocycles. The fourth-order valence-corrected chi connectivity index (χ4v) is 18.7. The van der Waals surface area contributed by atoms with Gasteiger partial charge in [-0.2, -0.15) is 0 Å². The number of hydrogen-bond donors (Lipinski definition) is 6. The first-order valence-corrected chi connectivity index (χ1v) is 31.8. The Hall–Kier alpha value is -5.88. The zero-order valence-electron chi connectivity index (χ0n) is 47.9. The van der Waals surface area contributed by atoms with E-state index in [1.54, 1.807) is 0 Å². The van der Waals surface area contributed by atoms with Gasteiger partial charge in [-0.3, -0.25) is 0 Å². The van der Waals surface area contributed by atoms with Gasteiger partial charge in [-0.15, -0.1) is 0 Å². The average Bonchev–Trinajstić information content (AvgIpc) is 2.12. The Bertz CT molecular complexity index is 2890. The number of aryl methyl sites for hydroxylation is 2. The lowest BCUT2D eigenvalue weighted by atomic mass is 9.41. The van der Waals surface area contributed by atoms with E-state index in [0.717, 1.165) is 150 Å². The van der Waals surface area contributed by atoms with Gasteiger partial charge in [0.25, 0.3) is 0 Å². The minimum Gasteiger partial charge on any atom is -0.508 e. The summed E-state index contributed by atoms with van der Waals surface area (Å²) in [6.07, 6.45) is 29.5. The largest absolute Gasteiger partial charge is 0.508 e. The summed E-state index contributed by atoms with van der Waals surface area (Å²) in [6, 6.07) is 34.4. The zero-order valence-corrected chi connectivity index (χ0v) is 47.9. The van der Waals surface area contributed by atoms with Gasteiger partial charge < -0.3 is 30.6 Å². The third-order valence-electron chi connectivity index (χ3n) is 22.3. The van der Waals surface area contributed by atoms with Gasteiger partial charge in [0.05, 0.1) is 0 Å². The maximum atomic E-state index is 12.7. The molecule has 0 saturated heterocycles. The molecule has 80 heavy (non-hydrogen) atoms. The van der Waals surface area contributed by atoms with E-state index in [4.69, 9.17) is 0 Å². The second-order valence-corrected chi connectivity index (χ2v) is 27.5. The molecule has 4 bridgehead atoms.